The molecule has 3 N–H and O–H groups in total. The Morgan fingerprint density at radius 1 is 1.21 bits per heavy atom. The third kappa shape index (κ3) is 7.14. The fraction of sp³-hybridized carbons (Fsp3) is 0.522. The Labute approximate surface area is 178 Å². The Morgan fingerprint density at radius 3 is 2.79 bits per heavy atom. The van der Waals surface area contributed by atoms with E-state index in [1.807, 2.05) is 0 Å². The van der Waals surface area contributed by atoms with E-state index in [4.69, 9.17) is 4.99 Å². The number of aliphatic imine (C=N–C) groups is 1. The second-order valence-corrected chi connectivity index (χ2v) is 8.93. The number of benzene rings is 1. The molecule has 1 aromatic carbocycles. The van der Waals surface area contributed by atoms with E-state index in [0.29, 0.717) is 19.0 Å². The van der Waals surface area contributed by atoms with Crippen LogP contribution in [-0.4, -0.2) is 54.8 Å². The Bertz CT molecular complexity index is 762. The summed E-state index contributed by atoms with van der Waals surface area (Å²) in [6, 6.07) is 12.9. The van der Waals surface area contributed by atoms with Gasteiger partial charge in [0.1, 0.15) is 0 Å². The Hall–Kier alpha value is -1.89. The van der Waals surface area contributed by atoms with Crippen LogP contribution in [0.1, 0.15) is 29.9 Å². The van der Waals surface area contributed by atoms with Gasteiger partial charge in [-0.3, -0.25) is 9.89 Å². The Morgan fingerprint density at radius 2 is 2.03 bits per heavy atom. The highest BCUT2D eigenvalue weighted by molar-refractivity contribution is 7.09. The molecule has 6 heteroatoms. The molecule has 158 valence electrons. The summed E-state index contributed by atoms with van der Waals surface area (Å²) in [6.07, 6.45) is 1.69. The number of thiophene rings is 1. The van der Waals surface area contributed by atoms with Gasteiger partial charge < -0.3 is 15.7 Å². The highest BCUT2D eigenvalue weighted by Gasteiger charge is 2.18. The van der Waals surface area contributed by atoms with Crippen LogP contribution in [0.25, 0.3) is 0 Å². The fourth-order valence-electron chi connectivity index (χ4n) is 3.71. The third-order valence-electron chi connectivity index (χ3n) is 5.22. The van der Waals surface area contributed by atoms with Crippen molar-refractivity contribution in [2.24, 2.45) is 10.9 Å². The molecular formula is C23H34N4OS. The molecule has 0 spiro atoms. The topological polar surface area (TPSA) is 59.9 Å². The number of hydrogen-bond donors (Lipinski definition) is 3. The van der Waals surface area contributed by atoms with Gasteiger partial charge in [-0.25, -0.2) is 0 Å². The maximum absolute atomic E-state index is 10.5. The smallest absolute Gasteiger partial charge is 0.191 e. The number of β-amino-alcohol motifs (C(OH)–C–C–N with tert-alkyl or cyclic N) is 1. The molecule has 0 aliphatic carbocycles. The minimum Gasteiger partial charge on any atom is -0.390 e. The highest BCUT2D eigenvalue weighted by atomic mass is 32.1. The van der Waals surface area contributed by atoms with Gasteiger partial charge in [0.2, 0.25) is 0 Å². The normalized spacial score (nSPS) is 16.9. The van der Waals surface area contributed by atoms with E-state index in [2.05, 4.69) is 71.2 Å². The largest absolute Gasteiger partial charge is 0.390 e. The molecule has 0 radical (unpaired) electrons. The average molecular weight is 415 g/mol. The maximum Gasteiger partial charge on any atom is 0.191 e. The van der Waals surface area contributed by atoms with Crippen LogP contribution in [0.5, 0.6) is 0 Å². The summed E-state index contributed by atoms with van der Waals surface area (Å²) >= 11 is 1.80. The summed E-state index contributed by atoms with van der Waals surface area (Å²) in [7, 11) is 0. The standard InChI is InChI=1S/C23H34N4OS/c1-3-24-23(25-14-18(2)13-22-9-6-12-29-22)26-15-21(28)17-27-11-10-19-7-4-5-8-20(19)16-27/h4-9,12,18,21,28H,3,10-11,13-17H2,1-2H3,(H2,24,25,26). The van der Waals surface area contributed by atoms with Crippen LogP contribution in [-0.2, 0) is 19.4 Å². The summed E-state index contributed by atoms with van der Waals surface area (Å²) < 4.78 is 0. The molecule has 0 saturated carbocycles. The molecule has 29 heavy (non-hydrogen) atoms. The van der Waals surface area contributed by atoms with Gasteiger partial charge in [0, 0.05) is 44.1 Å². The molecule has 2 unspecified atom stereocenters. The summed E-state index contributed by atoms with van der Waals surface area (Å²) in [5.41, 5.74) is 2.82. The third-order valence-corrected chi connectivity index (χ3v) is 6.12. The van der Waals surface area contributed by atoms with E-state index in [9.17, 15) is 5.11 Å². The van der Waals surface area contributed by atoms with Gasteiger partial charge in [-0.15, -0.1) is 11.3 Å². The number of nitrogens with zero attached hydrogens (tertiary/aromatic N) is 2. The molecule has 0 fully saturated rings. The maximum atomic E-state index is 10.5. The quantitative estimate of drug-likeness (QED) is 0.436. The van der Waals surface area contributed by atoms with E-state index in [0.717, 1.165) is 45.0 Å². The lowest BCUT2D eigenvalue weighted by molar-refractivity contribution is 0.108. The summed E-state index contributed by atoms with van der Waals surface area (Å²) in [6.45, 7) is 8.98. The molecule has 3 rings (SSSR count). The van der Waals surface area contributed by atoms with Crippen molar-refractivity contribution in [2.75, 3.05) is 32.7 Å². The monoisotopic (exact) mass is 414 g/mol. The van der Waals surface area contributed by atoms with Crippen molar-refractivity contribution < 1.29 is 5.11 Å². The van der Waals surface area contributed by atoms with Crippen LogP contribution in [0, 0.1) is 5.92 Å². The highest BCUT2D eigenvalue weighted by Crippen LogP contribution is 2.18. The first kappa shape index (κ1) is 21.8. The molecule has 0 saturated heterocycles. The van der Waals surface area contributed by atoms with Crippen LogP contribution in [0.2, 0.25) is 0 Å². The van der Waals surface area contributed by atoms with Crippen LogP contribution in [0.4, 0.5) is 0 Å². The van der Waals surface area contributed by atoms with E-state index in [1.165, 1.54) is 16.0 Å². The van der Waals surface area contributed by atoms with E-state index < -0.39 is 6.10 Å². The predicted molar refractivity (Wildman–Crippen MR) is 123 cm³/mol. The first-order valence-electron chi connectivity index (χ1n) is 10.7. The van der Waals surface area contributed by atoms with Crippen molar-refractivity contribution in [1.82, 2.24) is 15.5 Å². The zero-order chi connectivity index (χ0) is 20.5. The van der Waals surface area contributed by atoms with Gasteiger partial charge >= 0.3 is 0 Å². The predicted octanol–water partition coefficient (Wildman–Crippen LogP) is 2.90. The van der Waals surface area contributed by atoms with Gasteiger partial charge in [-0.1, -0.05) is 37.3 Å². The lowest BCUT2D eigenvalue weighted by atomic mass is 10.00. The SMILES string of the molecule is CCNC(=NCC(C)Cc1cccs1)NCC(O)CN1CCc2ccccc2C1. The summed E-state index contributed by atoms with van der Waals surface area (Å²) in [4.78, 5) is 8.46. The Kier molecular flexibility index (Phi) is 8.52. The molecule has 5 nitrogen and oxygen atoms in total. The number of fused-ring (bicyclic) bond motifs is 1. The Balaban J connectivity index is 1.43. The molecule has 0 amide bonds. The second kappa shape index (κ2) is 11.3. The van der Waals surface area contributed by atoms with Crippen LogP contribution >= 0.6 is 11.3 Å². The summed E-state index contributed by atoms with van der Waals surface area (Å²) in [5.74, 6) is 1.27. The summed E-state index contributed by atoms with van der Waals surface area (Å²) in [5, 5.41) is 19.2. The molecule has 1 aromatic heterocycles. The molecule has 2 heterocycles. The minimum atomic E-state index is -0.423. The van der Waals surface area contributed by atoms with Crippen LogP contribution in [0.15, 0.2) is 46.8 Å². The van der Waals surface area contributed by atoms with Crippen LogP contribution in [0.3, 0.4) is 0 Å². The number of aliphatic hydroxyl groups is 1. The van der Waals surface area contributed by atoms with Gasteiger partial charge in [0.05, 0.1) is 6.10 Å². The molecule has 2 aromatic rings. The van der Waals surface area contributed by atoms with E-state index >= 15 is 0 Å². The average Bonchev–Trinajstić information content (AvgIpc) is 3.23. The minimum absolute atomic E-state index is 0.423. The van der Waals surface area contributed by atoms with Crippen LogP contribution < -0.4 is 10.6 Å². The second-order valence-electron chi connectivity index (χ2n) is 7.90. The first-order chi connectivity index (χ1) is 14.1. The number of aliphatic hydroxyl groups excluding tert-OH is 1. The zero-order valence-electron chi connectivity index (χ0n) is 17.6. The van der Waals surface area contributed by atoms with Gasteiger partial charge in [0.15, 0.2) is 5.96 Å². The number of hydrogen-bond acceptors (Lipinski definition) is 4. The van der Waals surface area contributed by atoms with Crippen molar-refractivity contribution in [3.8, 4) is 0 Å². The van der Waals surface area contributed by atoms with Gasteiger partial charge in [-0.05, 0) is 48.3 Å². The van der Waals surface area contributed by atoms with Crippen molar-refractivity contribution in [2.45, 2.75) is 39.3 Å². The lowest BCUT2D eigenvalue weighted by Gasteiger charge is -2.30. The van der Waals surface area contributed by atoms with Gasteiger partial charge in [-0.2, -0.15) is 0 Å². The lowest BCUT2D eigenvalue weighted by Crippen LogP contribution is -2.45. The molecule has 0 bridgehead atoms. The van der Waals surface area contributed by atoms with E-state index in [1.54, 1.807) is 11.3 Å². The number of rotatable bonds is 9. The fourth-order valence-corrected chi connectivity index (χ4v) is 4.58. The first-order valence-corrected chi connectivity index (χ1v) is 11.5. The number of guanidine groups is 1. The van der Waals surface area contributed by atoms with E-state index in [-0.39, 0.29) is 0 Å². The molecule has 2 atom stereocenters. The molecule has 1 aliphatic heterocycles. The van der Waals surface area contributed by atoms with Crippen molar-refractivity contribution in [3.63, 3.8) is 0 Å². The molecule has 1 aliphatic rings. The zero-order valence-corrected chi connectivity index (χ0v) is 18.4. The van der Waals surface area contributed by atoms with Gasteiger partial charge in [0.25, 0.3) is 0 Å². The van der Waals surface area contributed by atoms with Crippen molar-refractivity contribution in [3.05, 3.63) is 57.8 Å². The van der Waals surface area contributed by atoms with Crippen molar-refractivity contribution in [1.29, 1.82) is 0 Å². The number of nitrogens with one attached hydrogen (secondary N) is 2. The van der Waals surface area contributed by atoms with Crippen molar-refractivity contribution >= 4 is 17.3 Å². The molecular weight excluding hydrogens is 380 g/mol.